The highest BCUT2D eigenvalue weighted by Crippen LogP contribution is 2.44. The van der Waals surface area contributed by atoms with E-state index in [1.165, 1.54) is 23.9 Å². The Morgan fingerprint density at radius 2 is 2.06 bits per heavy atom. The second-order valence-electron chi connectivity index (χ2n) is 7.84. The van der Waals surface area contributed by atoms with Crippen molar-refractivity contribution in [1.29, 1.82) is 0 Å². The summed E-state index contributed by atoms with van der Waals surface area (Å²) in [5.74, 6) is -1.09. The number of likely N-dealkylation sites (tertiary alicyclic amines) is 1. The van der Waals surface area contributed by atoms with Crippen LogP contribution in [-0.2, 0) is 4.79 Å². The monoisotopic (exact) mass is 479 g/mol. The molecule has 4 heterocycles. The van der Waals surface area contributed by atoms with Crippen LogP contribution in [0, 0.1) is 5.92 Å². The minimum Gasteiger partial charge on any atom is -0.472 e. The third-order valence-corrected chi connectivity index (χ3v) is 6.98. The minimum atomic E-state index is -4.64. The molecule has 5 rings (SSSR count). The summed E-state index contributed by atoms with van der Waals surface area (Å²) in [4.78, 5) is 23.2. The number of fused-ring (bicyclic) bond motifs is 1. The van der Waals surface area contributed by atoms with Gasteiger partial charge in [0.1, 0.15) is 5.70 Å². The zero-order valence-corrected chi connectivity index (χ0v) is 18.2. The molecule has 0 N–H and O–H groups in total. The largest absolute Gasteiger partial charge is 0.472 e. The molecule has 1 atom stereocenters. The van der Waals surface area contributed by atoms with Gasteiger partial charge < -0.3 is 9.32 Å². The fourth-order valence-electron chi connectivity index (χ4n) is 4.28. The van der Waals surface area contributed by atoms with Gasteiger partial charge in [-0.25, -0.2) is 9.98 Å². The molecule has 2 aromatic rings. The van der Waals surface area contributed by atoms with Gasteiger partial charge in [0.25, 0.3) is 5.91 Å². The van der Waals surface area contributed by atoms with Gasteiger partial charge in [-0.1, -0.05) is 17.7 Å². The van der Waals surface area contributed by atoms with Crippen molar-refractivity contribution in [1.82, 2.24) is 9.88 Å². The third kappa shape index (κ3) is 3.73. The number of alkyl halides is 3. The van der Waals surface area contributed by atoms with Gasteiger partial charge in [0.05, 0.1) is 46.0 Å². The molecule has 10 heteroatoms. The van der Waals surface area contributed by atoms with Gasteiger partial charge in [-0.05, 0) is 30.6 Å². The Balaban J connectivity index is 1.42. The van der Waals surface area contributed by atoms with Gasteiger partial charge in [-0.15, -0.1) is 11.3 Å². The normalized spacial score (nSPS) is 21.9. The Kier molecular flexibility index (Phi) is 5.33. The molecule has 1 saturated heterocycles. The standard InChI is InChI=1S/C22H17ClF3N3O2S/c23-18-15-7-14(13-3-6-31-9-13)8-16(22(24,25)26)19(15)28-20(18)21(30)29-4-1-12(2-5-29)17-10-32-11-27-17/h3,6-12,15H,1-2,4-5H2. The zero-order valence-electron chi connectivity index (χ0n) is 16.6. The average Bonchev–Trinajstić information content (AvgIpc) is 3.54. The number of aliphatic imine (C=N–C) groups is 1. The van der Waals surface area contributed by atoms with Crippen molar-refractivity contribution in [2.24, 2.45) is 10.9 Å². The molecule has 0 spiro atoms. The number of furan rings is 1. The molecular weight excluding hydrogens is 463 g/mol. The Hall–Kier alpha value is -2.65. The summed E-state index contributed by atoms with van der Waals surface area (Å²) >= 11 is 7.99. The van der Waals surface area contributed by atoms with Crippen LogP contribution in [0.2, 0.25) is 0 Å². The number of allylic oxidation sites excluding steroid dienone is 5. The second kappa shape index (κ2) is 8.04. The van der Waals surface area contributed by atoms with Gasteiger partial charge in [0.2, 0.25) is 0 Å². The number of thiazole rings is 1. The number of carbonyl (C=O) groups excluding carboxylic acids is 1. The maximum Gasteiger partial charge on any atom is 0.418 e. The van der Waals surface area contributed by atoms with Crippen LogP contribution >= 0.6 is 22.9 Å². The van der Waals surface area contributed by atoms with Gasteiger partial charge >= 0.3 is 6.18 Å². The first kappa shape index (κ1) is 21.2. The lowest BCUT2D eigenvalue weighted by atomic mass is 9.86. The molecule has 0 aromatic carbocycles. The van der Waals surface area contributed by atoms with E-state index in [-0.39, 0.29) is 22.4 Å². The van der Waals surface area contributed by atoms with Crippen molar-refractivity contribution in [2.75, 3.05) is 13.1 Å². The average molecular weight is 480 g/mol. The number of halogens is 4. The van der Waals surface area contributed by atoms with Crippen LogP contribution in [0.4, 0.5) is 13.2 Å². The predicted molar refractivity (Wildman–Crippen MR) is 115 cm³/mol. The van der Waals surface area contributed by atoms with Crippen LogP contribution in [0.15, 0.2) is 67.3 Å². The number of piperidine rings is 1. The molecule has 2 aromatic heterocycles. The van der Waals surface area contributed by atoms with Crippen molar-refractivity contribution in [2.45, 2.75) is 24.9 Å². The molecule has 32 heavy (non-hydrogen) atoms. The van der Waals surface area contributed by atoms with Crippen molar-refractivity contribution in [3.8, 4) is 0 Å². The number of nitrogens with zero attached hydrogens (tertiary/aromatic N) is 3. The van der Waals surface area contributed by atoms with Crippen LogP contribution in [0.5, 0.6) is 0 Å². The van der Waals surface area contributed by atoms with E-state index in [1.807, 2.05) is 5.38 Å². The molecule has 0 bridgehead atoms. The van der Waals surface area contributed by atoms with E-state index < -0.39 is 23.6 Å². The van der Waals surface area contributed by atoms with E-state index in [2.05, 4.69) is 9.98 Å². The molecule has 166 valence electrons. The highest BCUT2D eigenvalue weighted by atomic mass is 35.5. The zero-order chi connectivity index (χ0) is 22.5. The summed E-state index contributed by atoms with van der Waals surface area (Å²) in [5.41, 5.74) is 2.37. The molecule has 0 saturated carbocycles. The van der Waals surface area contributed by atoms with Crippen LogP contribution in [-0.4, -0.2) is 40.8 Å². The molecule has 1 amide bonds. The molecule has 3 aliphatic rings. The van der Waals surface area contributed by atoms with Crippen molar-refractivity contribution in [3.05, 3.63) is 69.2 Å². The van der Waals surface area contributed by atoms with Crippen molar-refractivity contribution < 1.29 is 22.4 Å². The molecular formula is C22H17ClF3N3O2S. The molecule has 2 aliphatic heterocycles. The lowest BCUT2D eigenvalue weighted by Crippen LogP contribution is -2.38. The summed E-state index contributed by atoms with van der Waals surface area (Å²) < 4.78 is 46.5. The first-order chi connectivity index (χ1) is 15.3. The molecule has 5 nitrogen and oxygen atoms in total. The topological polar surface area (TPSA) is 58.7 Å². The van der Waals surface area contributed by atoms with E-state index in [0.29, 0.717) is 24.2 Å². The predicted octanol–water partition coefficient (Wildman–Crippen LogP) is 5.55. The van der Waals surface area contributed by atoms with Gasteiger partial charge in [0, 0.05) is 30.0 Å². The van der Waals surface area contributed by atoms with Crippen LogP contribution in [0.1, 0.15) is 30.0 Å². The summed E-state index contributed by atoms with van der Waals surface area (Å²) in [5, 5.41) is 2.02. The summed E-state index contributed by atoms with van der Waals surface area (Å²) in [6.45, 7) is 0.949. The molecule has 1 fully saturated rings. The SMILES string of the molecule is O=C(C1=C(Cl)C2C=C(c3ccoc3)C=C(C(F)(F)F)C2=N1)N1CCC(c2cscn2)CC1. The summed E-state index contributed by atoms with van der Waals surface area (Å²) in [6.07, 6.45) is 2.20. The number of amides is 1. The first-order valence-corrected chi connectivity index (χ1v) is 11.3. The van der Waals surface area contributed by atoms with Crippen molar-refractivity contribution in [3.63, 3.8) is 0 Å². The third-order valence-electron chi connectivity index (χ3n) is 5.96. The lowest BCUT2D eigenvalue weighted by Gasteiger charge is -2.31. The van der Waals surface area contributed by atoms with E-state index in [4.69, 9.17) is 16.0 Å². The van der Waals surface area contributed by atoms with E-state index in [0.717, 1.165) is 24.6 Å². The summed E-state index contributed by atoms with van der Waals surface area (Å²) in [7, 11) is 0. The number of carbonyl (C=O) groups is 1. The highest BCUT2D eigenvalue weighted by molar-refractivity contribution is 7.07. The molecule has 1 unspecified atom stereocenters. The number of rotatable bonds is 3. The maximum atomic E-state index is 13.8. The fraction of sp³-hybridized carbons (Fsp3) is 0.318. The van der Waals surface area contributed by atoms with Crippen LogP contribution in [0.25, 0.3) is 5.57 Å². The number of aromatic nitrogens is 1. The Morgan fingerprint density at radius 1 is 1.28 bits per heavy atom. The van der Waals surface area contributed by atoms with Gasteiger partial charge in [-0.3, -0.25) is 4.79 Å². The maximum absolute atomic E-state index is 13.8. The van der Waals surface area contributed by atoms with E-state index in [9.17, 15) is 18.0 Å². The smallest absolute Gasteiger partial charge is 0.418 e. The van der Waals surface area contributed by atoms with E-state index in [1.54, 1.807) is 22.6 Å². The Labute approximate surface area is 190 Å². The summed E-state index contributed by atoms with van der Waals surface area (Å²) in [6, 6.07) is 1.57. The molecule has 0 radical (unpaired) electrons. The van der Waals surface area contributed by atoms with E-state index >= 15 is 0 Å². The minimum absolute atomic E-state index is 0.0162. The first-order valence-electron chi connectivity index (χ1n) is 10.0. The Morgan fingerprint density at radius 3 is 2.69 bits per heavy atom. The quantitative estimate of drug-likeness (QED) is 0.580. The number of hydrogen-bond acceptors (Lipinski definition) is 5. The highest BCUT2D eigenvalue weighted by Gasteiger charge is 2.46. The van der Waals surface area contributed by atoms with Crippen molar-refractivity contribution >= 4 is 40.1 Å². The van der Waals surface area contributed by atoms with Crippen LogP contribution < -0.4 is 0 Å². The molecule has 1 aliphatic carbocycles. The Bertz CT molecular complexity index is 1160. The van der Waals surface area contributed by atoms with Gasteiger partial charge in [-0.2, -0.15) is 13.2 Å². The lowest BCUT2D eigenvalue weighted by molar-refractivity contribution is -0.128. The fourth-order valence-corrected chi connectivity index (χ4v) is 5.21. The number of hydrogen-bond donors (Lipinski definition) is 0. The van der Waals surface area contributed by atoms with Gasteiger partial charge in [0.15, 0.2) is 0 Å². The second-order valence-corrected chi connectivity index (χ2v) is 8.97. The van der Waals surface area contributed by atoms with Crippen LogP contribution in [0.3, 0.4) is 0 Å².